The summed E-state index contributed by atoms with van der Waals surface area (Å²) in [6.45, 7) is 4.36. The summed E-state index contributed by atoms with van der Waals surface area (Å²) in [5.74, 6) is -0.484. The minimum absolute atomic E-state index is 0.0799. The van der Waals surface area contributed by atoms with E-state index in [0.29, 0.717) is 23.4 Å². The summed E-state index contributed by atoms with van der Waals surface area (Å²) in [5, 5.41) is 0. The molecule has 0 spiro atoms. The maximum absolute atomic E-state index is 14.2. The summed E-state index contributed by atoms with van der Waals surface area (Å²) in [6, 6.07) is 2.75. The number of halogens is 3. The Kier molecular flexibility index (Phi) is 6.44. The quantitative estimate of drug-likeness (QED) is 0.693. The lowest BCUT2D eigenvalue weighted by Crippen LogP contribution is -2.29. The van der Waals surface area contributed by atoms with Gasteiger partial charge in [0.15, 0.2) is 0 Å². The Morgan fingerprint density at radius 2 is 2.00 bits per heavy atom. The van der Waals surface area contributed by atoms with Crippen molar-refractivity contribution in [1.29, 1.82) is 0 Å². The molecule has 1 rings (SSSR count). The summed E-state index contributed by atoms with van der Waals surface area (Å²) in [6.07, 6.45) is 0.716. The SMILES string of the molecule is CC(C)CCN(C)S(=O)(=O)c1cc(Br)cc(CCl)c1F. The highest BCUT2D eigenvalue weighted by Crippen LogP contribution is 2.27. The van der Waals surface area contributed by atoms with Crippen LogP contribution in [0.15, 0.2) is 21.5 Å². The van der Waals surface area contributed by atoms with Crippen LogP contribution in [0.3, 0.4) is 0 Å². The van der Waals surface area contributed by atoms with Crippen molar-refractivity contribution >= 4 is 37.6 Å². The number of hydrogen-bond donors (Lipinski definition) is 0. The smallest absolute Gasteiger partial charge is 0.207 e. The van der Waals surface area contributed by atoms with Gasteiger partial charge in [-0.25, -0.2) is 17.1 Å². The van der Waals surface area contributed by atoms with E-state index < -0.39 is 15.8 Å². The molecule has 0 aliphatic rings. The molecular weight excluding hydrogens is 369 g/mol. The lowest BCUT2D eigenvalue weighted by molar-refractivity contribution is 0.424. The second kappa shape index (κ2) is 7.20. The summed E-state index contributed by atoms with van der Waals surface area (Å²) in [4.78, 5) is -0.339. The van der Waals surface area contributed by atoms with Gasteiger partial charge < -0.3 is 0 Å². The maximum Gasteiger partial charge on any atom is 0.245 e. The zero-order valence-corrected chi connectivity index (χ0v) is 14.8. The van der Waals surface area contributed by atoms with Gasteiger partial charge in [-0.2, -0.15) is 0 Å². The van der Waals surface area contributed by atoms with E-state index >= 15 is 0 Å². The highest BCUT2D eigenvalue weighted by molar-refractivity contribution is 9.10. The van der Waals surface area contributed by atoms with Gasteiger partial charge >= 0.3 is 0 Å². The molecule has 0 N–H and O–H groups in total. The van der Waals surface area contributed by atoms with Gasteiger partial charge in [-0.3, -0.25) is 0 Å². The van der Waals surface area contributed by atoms with Gasteiger partial charge in [-0.05, 0) is 24.5 Å². The Balaban J connectivity index is 3.18. The van der Waals surface area contributed by atoms with E-state index in [9.17, 15) is 12.8 Å². The number of nitrogens with zero attached hydrogens (tertiary/aromatic N) is 1. The van der Waals surface area contributed by atoms with Crippen molar-refractivity contribution in [3.63, 3.8) is 0 Å². The zero-order valence-electron chi connectivity index (χ0n) is 11.7. The van der Waals surface area contributed by atoms with Crippen molar-refractivity contribution in [2.75, 3.05) is 13.6 Å². The maximum atomic E-state index is 14.2. The Morgan fingerprint density at radius 3 is 2.50 bits per heavy atom. The van der Waals surface area contributed by atoms with Crippen molar-refractivity contribution in [3.8, 4) is 0 Å². The molecule has 0 heterocycles. The van der Waals surface area contributed by atoms with Crippen LogP contribution in [-0.2, 0) is 15.9 Å². The molecule has 0 amide bonds. The van der Waals surface area contributed by atoms with E-state index in [1.165, 1.54) is 23.5 Å². The van der Waals surface area contributed by atoms with Crippen molar-refractivity contribution in [2.24, 2.45) is 5.92 Å². The first-order valence-corrected chi connectivity index (χ1v) is 8.97. The topological polar surface area (TPSA) is 37.4 Å². The molecule has 0 radical (unpaired) electrons. The summed E-state index contributed by atoms with van der Waals surface area (Å²) in [5.41, 5.74) is 0.164. The number of rotatable bonds is 6. The van der Waals surface area contributed by atoms with Crippen LogP contribution in [0.5, 0.6) is 0 Å². The van der Waals surface area contributed by atoms with Crippen LogP contribution in [0.1, 0.15) is 25.8 Å². The van der Waals surface area contributed by atoms with Gasteiger partial charge in [-0.15, -0.1) is 11.6 Å². The average molecular weight is 387 g/mol. The first-order valence-electron chi connectivity index (χ1n) is 6.20. The lowest BCUT2D eigenvalue weighted by Gasteiger charge is -2.19. The molecular formula is C13H18BrClFNO2S. The van der Waals surface area contributed by atoms with Gasteiger partial charge in [0.1, 0.15) is 10.7 Å². The Morgan fingerprint density at radius 1 is 1.40 bits per heavy atom. The van der Waals surface area contributed by atoms with Gasteiger partial charge in [-0.1, -0.05) is 29.8 Å². The first kappa shape index (κ1) is 17.9. The third-order valence-electron chi connectivity index (χ3n) is 2.93. The van der Waals surface area contributed by atoms with E-state index in [-0.39, 0.29) is 16.3 Å². The van der Waals surface area contributed by atoms with Crippen LogP contribution in [-0.4, -0.2) is 26.3 Å². The molecule has 0 aliphatic heterocycles. The second-order valence-corrected chi connectivity index (χ2v) is 8.22. The predicted molar refractivity (Wildman–Crippen MR) is 82.9 cm³/mol. The highest BCUT2D eigenvalue weighted by Gasteiger charge is 2.26. The Hall–Kier alpha value is -0.170. The molecule has 7 heteroatoms. The normalized spacial score (nSPS) is 12.4. The minimum Gasteiger partial charge on any atom is -0.207 e. The third-order valence-corrected chi connectivity index (χ3v) is 5.53. The molecule has 1 aromatic carbocycles. The van der Waals surface area contributed by atoms with Crippen molar-refractivity contribution in [1.82, 2.24) is 4.31 Å². The van der Waals surface area contributed by atoms with E-state index in [1.54, 1.807) is 0 Å². The molecule has 0 aliphatic carbocycles. The Bertz CT molecular complexity index is 578. The number of sulfonamides is 1. The third kappa shape index (κ3) is 4.16. The van der Waals surface area contributed by atoms with E-state index in [0.717, 1.165) is 0 Å². The highest BCUT2D eigenvalue weighted by atomic mass is 79.9. The van der Waals surface area contributed by atoms with Crippen LogP contribution >= 0.6 is 27.5 Å². The molecule has 0 aromatic heterocycles. The largest absolute Gasteiger partial charge is 0.245 e. The molecule has 3 nitrogen and oxygen atoms in total. The first-order chi connectivity index (χ1) is 9.20. The molecule has 0 unspecified atom stereocenters. The van der Waals surface area contributed by atoms with E-state index in [4.69, 9.17) is 11.6 Å². The van der Waals surface area contributed by atoms with Crippen LogP contribution in [0, 0.1) is 11.7 Å². The van der Waals surface area contributed by atoms with Gasteiger partial charge in [0.25, 0.3) is 0 Å². The van der Waals surface area contributed by atoms with Crippen molar-refractivity contribution in [2.45, 2.75) is 31.0 Å². The molecule has 0 atom stereocenters. The standard InChI is InChI=1S/C13H18BrClFNO2S/c1-9(2)4-5-17(3)20(18,19)12-7-11(14)6-10(8-15)13(12)16/h6-7,9H,4-5,8H2,1-3H3. The molecule has 0 fully saturated rings. The van der Waals surface area contributed by atoms with Crippen LogP contribution in [0.4, 0.5) is 4.39 Å². The molecule has 1 aromatic rings. The van der Waals surface area contributed by atoms with Gasteiger partial charge in [0, 0.05) is 23.6 Å². The average Bonchev–Trinajstić information content (AvgIpc) is 2.37. The summed E-state index contributed by atoms with van der Waals surface area (Å²) >= 11 is 8.82. The van der Waals surface area contributed by atoms with Gasteiger partial charge in [0.05, 0.1) is 5.88 Å². The number of alkyl halides is 1. The van der Waals surface area contributed by atoms with E-state index in [1.807, 2.05) is 13.8 Å². The number of hydrogen-bond acceptors (Lipinski definition) is 2. The zero-order chi connectivity index (χ0) is 15.5. The fourth-order valence-corrected chi connectivity index (χ4v) is 3.80. The predicted octanol–water partition coefficient (Wildman–Crippen LogP) is 3.99. The summed E-state index contributed by atoms with van der Waals surface area (Å²) < 4.78 is 40.7. The van der Waals surface area contributed by atoms with Crippen molar-refractivity contribution < 1.29 is 12.8 Å². The molecule has 114 valence electrons. The number of benzene rings is 1. The molecule has 0 bridgehead atoms. The lowest BCUT2D eigenvalue weighted by atomic mass is 10.1. The van der Waals surface area contributed by atoms with Gasteiger partial charge in [0.2, 0.25) is 10.0 Å². The fourth-order valence-electron chi connectivity index (χ4n) is 1.63. The van der Waals surface area contributed by atoms with Crippen molar-refractivity contribution in [3.05, 3.63) is 28.0 Å². The summed E-state index contributed by atoms with van der Waals surface area (Å²) in [7, 11) is -2.39. The minimum atomic E-state index is -3.85. The molecule has 0 saturated heterocycles. The van der Waals surface area contributed by atoms with Crippen LogP contribution in [0.25, 0.3) is 0 Å². The van der Waals surface area contributed by atoms with Crippen LogP contribution < -0.4 is 0 Å². The van der Waals surface area contributed by atoms with Crippen LogP contribution in [0.2, 0.25) is 0 Å². The monoisotopic (exact) mass is 385 g/mol. The molecule has 0 saturated carbocycles. The Labute approximate surface area is 133 Å². The van der Waals surface area contributed by atoms with E-state index in [2.05, 4.69) is 15.9 Å². The second-order valence-electron chi connectivity index (χ2n) is 5.02. The fraction of sp³-hybridized carbons (Fsp3) is 0.538. The molecule has 20 heavy (non-hydrogen) atoms.